The number of carbonyl (C=O) groups is 2. The molecule has 0 aliphatic heterocycles. The summed E-state index contributed by atoms with van der Waals surface area (Å²) in [4.78, 5) is 21.4. The van der Waals surface area contributed by atoms with Crippen molar-refractivity contribution in [2.24, 2.45) is 5.41 Å². The van der Waals surface area contributed by atoms with E-state index in [4.69, 9.17) is 4.74 Å². The van der Waals surface area contributed by atoms with Crippen LogP contribution in [-0.4, -0.2) is 18.5 Å². The molecule has 0 rings (SSSR count). The number of carboxylic acid groups (broad SMARTS) is 1. The van der Waals surface area contributed by atoms with Crippen molar-refractivity contribution in [1.82, 2.24) is 0 Å². The highest BCUT2D eigenvalue weighted by Gasteiger charge is 2.22. The molecule has 0 heterocycles. The highest BCUT2D eigenvalue weighted by atomic mass is 16.5. The first-order valence-corrected chi connectivity index (χ1v) is 4.34. The fourth-order valence-electron chi connectivity index (χ4n) is 1.05. The van der Waals surface area contributed by atoms with Crippen LogP contribution in [0.1, 0.15) is 26.7 Å². The van der Waals surface area contributed by atoms with E-state index in [1.54, 1.807) is 13.8 Å². The van der Waals surface area contributed by atoms with Crippen molar-refractivity contribution in [1.29, 1.82) is 0 Å². The molecule has 0 N–H and O–H groups in total. The third kappa shape index (κ3) is 6.22. The van der Waals surface area contributed by atoms with Gasteiger partial charge in [-0.2, -0.15) is 0 Å². The van der Waals surface area contributed by atoms with Crippen LogP contribution in [0.4, 0.5) is 0 Å². The maximum absolute atomic E-state index is 11.1. The lowest BCUT2D eigenvalue weighted by Gasteiger charge is -2.23. The summed E-state index contributed by atoms with van der Waals surface area (Å²) in [6.45, 7) is 6.91. The van der Waals surface area contributed by atoms with Crippen LogP contribution in [-0.2, 0) is 14.3 Å². The molecule has 0 fully saturated rings. The van der Waals surface area contributed by atoms with Crippen LogP contribution in [0.2, 0.25) is 0 Å². The predicted molar refractivity (Wildman–Crippen MR) is 49.2 cm³/mol. The van der Waals surface area contributed by atoms with Gasteiger partial charge in [0.05, 0.1) is 6.42 Å². The monoisotopic (exact) mass is 199 g/mol. The van der Waals surface area contributed by atoms with Crippen LogP contribution in [0.15, 0.2) is 12.7 Å². The molecule has 0 aromatic rings. The van der Waals surface area contributed by atoms with Crippen molar-refractivity contribution in [3.8, 4) is 0 Å². The Bertz CT molecular complexity index is 230. The summed E-state index contributed by atoms with van der Waals surface area (Å²) in [6, 6.07) is 0. The Labute approximate surface area is 83.6 Å². The van der Waals surface area contributed by atoms with Crippen LogP contribution < -0.4 is 5.11 Å². The van der Waals surface area contributed by atoms with E-state index in [9.17, 15) is 14.7 Å². The molecule has 0 saturated heterocycles. The van der Waals surface area contributed by atoms with Gasteiger partial charge < -0.3 is 14.6 Å². The molecule has 4 heteroatoms. The zero-order valence-electron chi connectivity index (χ0n) is 8.54. The quantitative estimate of drug-likeness (QED) is 0.455. The van der Waals surface area contributed by atoms with E-state index in [1.165, 1.54) is 6.08 Å². The van der Waals surface area contributed by atoms with Gasteiger partial charge in [-0.05, 0) is 11.8 Å². The van der Waals surface area contributed by atoms with E-state index < -0.39 is 17.4 Å². The fraction of sp³-hybridized carbons (Fsp3) is 0.600. The summed E-state index contributed by atoms with van der Waals surface area (Å²) < 4.78 is 4.74. The van der Waals surface area contributed by atoms with E-state index in [-0.39, 0.29) is 19.4 Å². The average Bonchev–Trinajstić information content (AvgIpc) is 1.96. The number of carbonyl (C=O) groups excluding carboxylic acids is 2. The number of ether oxygens (including phenoxy) is 1. The Hall–Kier alpha value is -1.32. The zero-order chi connectivity index (χ0) is 11.2. The molecule has 0 bridgehead atoms. The van der Waals surface area contributed by atoms with E-state index in [1.807, 2.05) is 0 Å². The Balaban J connectivity index is 4.00. The lowest BCUT2D eigenvalue weighted by atomic mass is 9.86. The molecule has 0 aliphatic carbocycles. The standard InChI is InChI=1S/C10H16O4/c1-4-5-14-9(13)7-10(2,3)6-8(11)12/h4H,1,5-7H2,2-3H3,(H,11,12)/p-1. The lowest BCUT2D eigenvalue weighted by Crippen LogP contribution is -2.30. The van der Waals surface area contributed by atoms with E-state index >= 15 is 0 Å². The van der Waals surface area contributed by atoms with Gasteiger partial charge in [-0.1, -0.05) is 26.5 Å². The van der Waals surface area contributed by atoms with Crippen LogP contribution >= 0.6 is 0 Å². The second-order valence-corrected chi connectivity index (χ2v) is 3.86. The number of aliphatic carboxylic acids is 1. The summed E-state index contributed by atoms with van der Waals surface area (Å²) in [7, 11) is 0. The van der Waals surface area contributed by atoms with Crippen molar-refractivity contribution in [2.45, 2.75) is 26.7 Å². The Morgan fingerprint density at radius 2 is 2.00 bits per heavy atom. The van der Waals surface area contributed by atoms with E-state index in [0.717, 1.165) is 0 Å². The smallest absolute Gasteiger partial charge is 0.306 e. The molecule has 0 atom stereocenters. The number of hydrogen-bond donors (Lipinski definition) is 0. The average molecular weight is 199 g/mol. The third-order valence-corrected chi connectivity index (χ3v) is 1.61. The van der Waals surface area contributed by atoms with Gasteiger partial charge in [0.25, 0.3) is 0 Å². The number of rotatable bonds is 6. The predicted octanol–water partition coefficient (Wildman–Crippen LogP) is 0.272. The van der Waals surface area contributed by atoms with Gasteiger partial charge in [-0.3, -0.25) is 4.79 Å². The molecule has 0 amide bonds. The molecule has 0 unspecified atom stereocenters. The SMILES string of the molecule is C=CCOC(=O)CC(C)(C)CC(=O)[O-]. The minimum atomic E-state index is -1.16. The van der Waals surface area contributed by atoms with Crippen molar-refractivity contribution >= 4 is 11.9 Å². The van der Waals surface area contributed by atoms with Crippen LogP contribution in [0.25, 0.3) is 0 Å². The van der Waals surface area contributed by atoms with Crippen molar-refractivity contribution in [3.63, 3.8) is 0 Å². The van der Waals surface area contributed by atoms with Crippen LogP contribution in [0.3, 0.4) is 0 Å². The topological polar surface area (TPSA) is 66.4 Å². The molecule has 4 nitrogen and oxygen atoms in total. The highest BCUT2D eigenvalue weighted by Crippen LogP contribution is 2.24. The van der Waals surface area contributed by atoms with Gasteiger partial charge in [0, 0.05) is 5.97 Å². The molecule has 14 heavy (non-hydrogen) atoms. The van der Waals surface area contributed by atoms with Crippen LogP contribution in [0, 0.1) is 5.41 Å². The van der Waals surface area contributed by atoms with Gasteiger partial charge in [0.2, 0.25) is 0 Å². The van der Waals surface area contributed by atoms with Gasteiger partial charge in [-0.25, -0.2) is 0 Å². The molecule has 0 saturated carbocycles. The van der Waals surface area contributed by atoms with Gasteiger partial charge in [-0.15, -0.1) is 0 Å². The van der Waals surface area contributed by atoms with E-state index in [0.29, 0.717) is 0 Å². The first-order chi connectivity index (χ1) is 6.37. The van der Waals surface area contributed by atoms with Gasteiger partial charge in [0.1, 0.15) is 6.61 Å². The van der Waals surface area contributed by atoms with Crippen molar-refractivity contribution in [2.75, 3.05) is 6.61 Å². The minimum absolute atomic E-state index is 0.0643. The number of carboxylic acids is 1. The Kier molecular flexibility index (Phi) is 4.91. The van der Waals surface area contributed by atoms with Gasteiger partial charge >= 0.3 is 5.97 Å². The molecule has 0 radical (unpaired) electrons. The maximum Gasteiger partial charge on any atom is 0.306 e. The normalized spacial score (nSPS) is 10.7. The summed E-state index contributed by atoms with van der Waals surface area (Å²) in [6.07, 6.45) is 1.37. The fourth-order valence-corrected chi connectivity index (χ4v) is 1.05. The molecule has 80 valence electrons. The van der Waals surface area contributed by atoms with Crippen molar-refractivity contribution < 1.29 is 19.4 Å². The third-order valence-electron chi connectivity index (χ3n) is 1.61. The maximum atomic E-state index is 11.1. The summed E-state index contributed by atoms with van der Waals surface area (Å²) in [5, 5.41) is 10.3. The summed E-state index contributed by atoms with van der Waals surface area (Å²) in [5.41, 5.74) is -0.628. The first kappa shape index (κ1) is 12.7. The molecular formula is C10H15O4-. The highest BCUT2D eigenvalue weighted by molar-refractivity contribution is 5.72. The largest absolute Gasteiger partial charge is 0.550 e. The second kappa shape index (κ2) is 5.42. The first-order valence-electron chi connectivity index (χ1n) is 4.34. The van der Waals surface area contributed by atoms with Gasteiger partial charge in [0.15, 0.2) is 0 Å². The Morgan fingerprint density at radius 1 is 1.43 bits per heavy atom. The summed E-state index contributed by atoms with van der Waals surface area (Å²) in [5.74, 6) is -1.58. The Morgan fingerprint density at radius 3 is 2.43 bits per heavy atom. The number of hydrogen-bond acceptors (Lipinski definition) is 4. The summed E-state index contributed by atoms with van der Waals surface area (Å²) >= 11 is 0. The number of esters is 1. The molecular weight excluding hydrogens is 184 g/mol. The second-order valence-electron chi connectivity index (χ2n) is 3.86. The van der Waals surface area contributed by atoms with Crippen molar-refractivity contribution in [3.05, 3.63) is 12.7 Å². The lowest BCUT2D eigenvalue weighted by molar-refractivity contribution is -0.307. The molecule has 0 aliphatic rings. The zero-order valence-corrected chi connectivity index (χ0v) is 8.54. The minimum Gasteiger partial charge on any atom is -0.550 e. The molecule has 0 aromatic heterocycles. The molecule has 0 aromatic carbocycles. The molecule has 0 spiro atoms. The van der Waals surface area contributed by atoms with Crippen LogP contribution in [0.5, 0.6) is 0 Å². The van der Waals surface area contributed by atoms with E-state index in [2.05, 4.69) is 6.58 Å².